The summed E-state index contributed by atoms with van der Waals surface area (Å²) in [6, 6.07) is 12.1. The number of ether oxygens (including phenoxy) is 2. The molecule has 0 aliphatic rings. The Morgan fingerprint density at radius 1 is 1.17 bits per heavy atom. The van der Waals surface area contributed by atoms with Crippen LogP contribution < -0.4 is 10.6 Å². The predicted molar refractivity (Wildman–Crippen MR) is 140 cm³/mol. The zero-order valence-electron chi connectivity index (χ0n) is 20.3. The lowest BCUT2D eigenvalue weighted by Gasteiger charge is -2.14. The van der Waals surface area contributed by atoms with Crippen LogP contribution in [0.3, 0.4) is 0 Å². The number of anilines is 3. The van der Waals surface area contributed by atoms with Gasteiger partial charge in [0, 0.05) is 55.2 Å². The van der Waals surface area contributed by atoms with Crippen LogP contribution in [0, 0.1) is 5.82 Å². The van der Waals surface area contributed by atoms with Gasteiger partial charge in [0.25, 0.3) is 0 Å². The molecule has 0 bridgehead atoms. The number of fused-ring (bicyclic) bond motifs is 1. The smallest absolute Gasteiger partial charge is 0.354 e. The van der Waals surface area contributed by atoms with Crippen LogP contribution in [-0.2, 0) is 16.0 Å². The first-order chi connectivity index (χ1) is 17.4. The van der Waals surface area contributed by atoms with Crippen molar-refractivity contribution in [3.63, 3.8) is 0 Å². The van der Waals surface area contributed by atoms with Gasteiger partial charge in [0.05, 0.1) is 12.1 Å². The fraction of sp³-hybridized carbons (Fsp3) is 0.269. The van der Waals surface area contributed by atoms with Crippen molar-refractivity contribution >= 4 is 45.9 Å². The third-order valence-electron chi connectivity index (χ3n) is 5.71. The molecule has 0 amide bonds. The van der Waals surface area contributed by atoms with E-state index in [0.717, 1.165) is 28.5 Å². The van der Waals surface area contributed by atoms with E-state index < -0.39 is 5.82 Å². The van der Waals surface area contributed by atoms with Gasteiger partial charge in [0.1, 0.15) is 17.3 Å². The molecule has 2 heterocycles. The molecule has 0 atom stereocenters. The maximum Gasteiger partial charge on any atom is 0.354 e. The number of methoxy groups -OCH3 is 2. The number of nitrogens with zero attached hydrogens (tertiary/aromatic N) is 3. The van der Waals surface area contributed by atoms with Crippen molar-refractivity contribution in [3.8, 4) is 11.1 Å². The Bertz CT molecular complexity index is 1390. The Labute approximate surface area is 213 Å². The number of hydrogen-bond donors (Lipinski definition) is 2. The number of esters is 1. The van der Waals surface area contributed by atoms with Crippen LogP contribution >= 0.6 is 11.6 Å². The van der Waals surface area contributed by atoms with E-state index in [0.29, 0.717) is 42.8 Å². The Kier molecular flexibility index (Phi) is 8.02. The molecule has 0 saturated carbocycles. The van der Waals surface area contributed by atoms with Crippen LogP contribution in [0.1, 0.15) is 23.8 Å². The number of carbonyl (C=O) groups is 1. The second kappa shape index (κ2) is 11.4. The van der Waals surface area contributed by atoms with E-state index in [4.69, 9.17) is 21.1 Å². The fourth-order valence-corrected chi connectivity index (χ4v) is 4.13. The highest BCUT2D eigenvalue weighted by molar-refractivity contribution is 6.31. The van der Waals surface area contributed by atoms with Gasteiger partial charge in [-0.15, -0.1) is 0 Å². The first-order valence-corrected chi connectivity index (χ1v) is 11.9. The Morgan fingerprint density at radius 3 is 2.72 bits per heavy atom. The van der Waals surface area contributed by atoms with E-state index in [1.807, 2.05) is 35.8 Å². The third kappa shape index (κ3) is 5.42. The molecule has 10 heteroatoms. The molecular formula is C26H27ClFN5O3. The molecule has 8 nitrogen and oxygen atoms in total. The Morgan fingerprint density at radius 2 is 2.00 bits per heavy atom. The summed E-state index contributed by atoms with van der Waals surface area (Å²) in [4.78, 5) is 21.4. The monoisotopic (exact) mass is 511 g/mol. The maximum atomic E-state index is 13.5. The van der Waals surface area contributed by atoms with E-state index >= 15 is 0 Å². The minimum absolute atomic E-state index is 0.00749. The molecular weight excluding hydrogens is 485 g/mol. The molecule has 0 saturated heterocycles. The number of aromatic nitrogens is 3. The molecule has 4 rings (SSSR count). The highest BCUT2D eigenvalue weighted by Crippen LogP contribution is 2.32. The first kappa shape index (κ1) is 25.4. The van der Waals surface area contributed by atoms with Crippen LogP contribution in [-0.4, -0.2) is 47.9 Å². The van der Waals surface area contributed by atoms with Gasteiger partial charge in [0.2, 0.25) is 5.95 Å². The predicted octanol–water partition coefficient (Wildman–Crippen LogP) is 5.89. The fourth-order valence-electron chi connectivity index (χ4n) is 3.95. The van der Waals surface area contributed by atoms with Gasteiger partial charge < -0.3 is 24.7 Å². The minimum Gasteiger partial charge on any atom is -0.464 e. The summed E-state index contributed by atoms with van der Waals surface area (Å²) in [7, 11) is 3.03. The molecule has 0 spiro atoms. The van der Waals surface area contributed by atoms with Gasteiger partial charge in [-0.3, -0.25) is 0 Å². The summed E-state index contributed by atoms with van der Waals surface area (Å²) >= 11 is 5.91. The second-order valence-electron chi connectivity index (χ2n) is 8.02. The first-order valence-electron chi connectivity index (χ1n) is 11.5. The van der Waals surface area contributed by atoms with Crippen molar-refractivity contribution in [2.24, 2.45) is 0 Å². The second-order valence-corrected chi connectivity index (χ2v) is 8.43. The van der Waals surface area contributed by atoms with Crippen molar-refractivity contribution in [1.82, 2.24) is 14.5 Å². The topological polar surface area (TPSA) is 90.3 Å². The molecule has 0 fully saturated rings. The van der Waals surface area contributed by atoms with Gasteiger partial charge in [-0.1, -0.05) is 23.7 Å². The number of aryl methyl sites for hydroxylation is 1. The molecule has 2 aromatic carbocycles. The Hall–Kier alpha value is -3.69. The van der Waals surface area contributed by atoms with Gasteiger partial charge in [-0.2, -0.15) is 4.98 Å². The minimum atomic E-state index is -0.499. The summed E-state index contributed by atoms with van der Waals surface area (Å²) in [5.41, 5.74) is 3.65. The average Bonchev–Trinajstić information content (AvgIpc) is 3.26. The van der Waals surface area contributed by atoms with Crippen molar-refractivity contribution in [3.05, 3.63) is 65.2 Å². The molecule has 0 unspecified atom stereocenters. The normalized spacial score (nSPS) is 11.0. The highest BCUT2D eigenvalue weighted by atomic mass is 35.5. The van der Waals surface area contributed by atoms with E-state index in [-0.39, 0.29) is 11.0 Å². The molecule has 0 aliphatic heterocycles. The summed E-state index contributed by atoms with van der Waals surface area (Å²) < 4.78 is 25.6. The van der Waals surface area contributed by atoms with E-state index in [2.05, 4.69) is 20.6 Å². The Balaban J connectivity index is 1.72. The van der Waals surface area contributed by atoms with Crippen molar-refractivity contribution in [2.75, 3.05) is 38.0 Å². The van der Waals surface area contributed by atoms with Gasteiger partial charge >= 0.3 is 5.97 Å². The van der Waals surface area contributed by atoms with Gasteiger partial charge in [0.15, 0.2) is 0 Å². The quantitative estimate of drug-likeness (QED) is 0.203. The highest BCUT2D eigenvalue weighted by Gasteiger charge is 2.17. The van der Waals surface area contributed by atoms with Crippen LogP contribution in [0.25, 0.3) is 22.0 Å². The number of hydrogen-bond acceptors (Lipinski definition) is 7. The zero-order valence-corrected chi connectivity index (χ0v) is 21.0. The number of carbonyl (C=O) groups excluding carboxylic acids is 1. The number of nitrogens with one attached hydrogen (secondary N) is 2. The molecule has 2 aromatic heterocycles. The van der Waals surface area contributed by atoms with Gasteiger partial charge in [-0.05, 0) is 49.2 Å². The largest absolute Gasteiger partial charge is 0.464 e. The summed E-state index contributed by atoms with van der Waals surface area (Å²) in [5, 5.41) is 7.37. The lowest BCUT2D eigenvalue weighted by Crippen LogP contribution is -2.10. The SMILES string of the molecule is CCn1c(C(=O)OC)cc2ccc(-c3cnc(Nc4ccc(F)c(Cl)c4)nc3NCCCOC)cc21. The lowest BCUT2D eigenvalue weighted by atomic mass is 10.1. The molecule has 0 radical (unpaired) electrons. The van der Waals surface area contributed by atoms with E-state index in [9.17, 15) is 9.18 Å². The molecule has 36 heavy (non-hydrogen) atoms. The van der Waals surface area contributed by atoms with E-state index in [1.54, 1.807) is 19.4 Å². The van der Waals surface area contributed by atoms with Crippen LogP contribution in [0.4, 0.5) is 21.8 Å². The van der Waals surface area contributed by atoms with Crippen molar-refractivity contribution < 1.29 is 18.7 Å². The maximum absolute atomic E-state index is 13.5. The van der Waals surface area contributed by atoms with Crippen molar-refractivity contribution in [1.29, 1.82) is 0 Å². The molecule has 0 aliphatic carbocycles. The third-order valence-corrected chi connectivity index (χ3v) is 6.00. The number of rotatable bonds is 10. The molecule has 188 valence electrons. The summed E-state index contributed by atoms with van der Waals surface area (Å²) in [5.74, 6) is 0.0805. The zero-order chi connectivity index (χ0) is 25.7. The van der Waals surface area contributed by atoms with Crippen LogP contribution in [0.5, 0.6) is 0 Å². The number of halogens is 2. The van der Waals surface area contributed by atoms with Crippen molar-refractivity contribution in [2.45, 2.75) is 19.9 Å². The van der Waals surface area contributed by atoms with Crippen LogP contribution in [0.2, 0.25) is 5.02 Å². The molecule has 2 N–H and O–H groups in total. The molecule has 4 aromatic rings. The number of benzene rings is 2. The summed E-state index contributed by atoms with van der Waals surface area (Å²) in [6.45, 7) is 3.84. The average molecular weight is 512 g/mol. The van der Waals surface area contributed by atoms with E-state index in [1.165, 1.54) is 19.2 Å². The standard InChI is InChI=1S/C26H27ClFN5O3/c1-4-33-22-12-16(6-7-17(22)13-23(33)25(34)36-3)19-15-30-26(32-24(19)29-10-5-11-35-2)31-18-8-9-21(28)20(27)14-18/h6-9,12-15H,4-5,10-11H2,1-3H3,(H2,29,30,31,32). The van der Waals surface area contributed by atoms with Crippen LogP contribution in [0.15, 0.2) is 48.7 Å². The lowest BCUT2D eigenvalue weighted by molar-refractivity contribution is 0.0589. The summed E-state index contributed by atoms with van der Waals surface area (Å²) in [6.07, 6.45) is 2.51. The van der Waals surface area contributed by atoms with Gasteiger partial charge in [-0.25, -0.2) is 14.2 Å².